The molecule has 0 saturated heterocycles. The average molecular weight is 239 g/mol. The number of ketones is 1. The third-order valence-electron chi connectivity index (χ3n) is 3.08. The Labute approximate surface area is 101 Å². The van der Waals surface area contributed by atoms with Gasteiger partial charge in [-0.25, -0.2) is 4.39 Å². The Morgan fingerprint density at radius 3 is 2.41 bits per heavy atom. The average Bonchev–Trinajstić information content (AvgIpc) is 2.27. The van der Waals surface area contributed by atoms with Gasteiger partial charge < -0.3 is 4.74 Å². The molecule has 1 aromatic rings. The van der Waals surface area contributed by atoms with Crippen LogP contribution in [0.4, 0.5) is 4.39 Å². The van der Waals surface area contributed by atoms with Crippen LogP contribution in [-0.2, 0) is 0 Å². The Balaban J connectivity index is 3.24. The molecule has 0 unspecified atom stereocenters. The third-order valence-corrected chi connectivity index (χ3v) is 3.08. The minimum atomic E-state index is -0.707. The SMILES string of the molecule is COc1ccc(F)cc1C(=O)C(C)(C)N(C)C. The standard InChI is InChI=1S/C13H18FNO2/c1-13(2,15(3)4)12(16)10-8-9(14)6-7-11(10)17-5/h6-8H,1-5H3. The molecule has 17 heavy (non-hydrogen) atoms. The fourth-order valence-corrected chi connectivity index (χ4v) is 1.39. The van der Waals surface area contributed by atoms with Gasteiger partial charge in [-0.3, -0.25) is 9.69 Å². The molecular formula is C13H18FNO2. The number of benzene rings is 1. The highest BCUT2D eigenvalue weighted by Gasteiger charge is 2.32. The van der Waals surface area contributed by atoms with Crippen molar-refractivity contribution in [3.8, 4) is 5.75 Å². The maximum absolute atomic E-state index is 13.2. The van der Waals surface area contributed by atoms with E-state index in [0.29, 0.717) is 5.75 Å². The van der Waals surface area contributed by atoms with Crippen LogP contribution in [0.5, 0.6) is 5.75 Å². The predicted molar refractivity (Wildman–Crippen MR) is 65.0 cm³/mol. The Hall–Kier alpha value is -1.42. The van der Waals surface area contributed by atoms with E-state index >= 15 is 0 Å². The molecule has 0 aromatic heterocycles. The van der Waals surface area contributed by atoms with E-state index in [1.165, 1.54) is 25.3 Å². The smallest absolute Gasteiger partial charge is 0.186 e. The van der Waals surface area contributed by atoms with Crippen LogP contribution in [0.3, 0.4) is 0 Å². The van der Waals surface area contributed by atoms with Crippen molar-refractivity contribution in [1.29, 1.82) is 0 Å². The first-order valence-electron chi connectivity index (χ1n) is 5.36. The summed E-state index contributed by atoms with van der Waals surface area (Å²) >= 11 is 0. The summed E-state index contributed by atoms with van der Waals surface area (Å²) in [6.07, 6.45) is 0. The van der Waals surface area contributed by atoms with Gasteiger partial charge in [0.05, 0.1) is 18.2 Å². The molecule has 1 aromatic carbocycles. The monoisotopic (exact) mass is 239 g/mol. The predicted octanol–water partition coefficient (Wildman–Crippen LogP) is 2.36. The van der Waals surface area contributed by atoms with Crippen molar-refractivity contribution in [2.75, 3.05) is 21.2 Å². The van der Waals surface area contributed by atoms with Crippen molar-refractivity contribution in [2.24, 2.45) is 0 Å². The highest BCUT2D eigenvalue weighted by atomic mass is 19.1. The number of halogens is 1. The molecule has 94 valence electrons. The van der Waals surface area contributed by atoms with Crippen molar-refractivity contribution in [2.45, 2.75) is 19.4 Å². The second-order valence-corrected chi connectivity index (χ2v) is 4.63. The Bertz CT molecular complexity index is 427. The zero-order chi connectivity index (χ0) is 13.2. The van der Waals surface area contributed by atoms with Gasteiger partial charge in [0, 0.05) is 0 Å². The molecule has 0 bridgehead atoms. The summed E-state index contributed by atoms with van der Waals surface area (Å²) in [5, 5.41) is 0. The Kier molecular flexibility index (Phi) is 3.88. The molecule has 0 aliphatic rings. The van der Waals surface area contributed by atoms with Gasteiger partial charge in [0.2, 0.25) is 0 Å². The number of ether oxygens (including phenoxy) is 1. The van der Waals surface area contributed by atoms with Crippen LogP contribution in [0.25, 0.3) is 0 Å². The molecule has 0 aliphatic heterocycles. The normalized spacial score (nSPS) is 11.7. The molecule has 0 radical (unpaired) electrons. The lowest BCUT2D eigenvalue weighted by Gasteiger charge is -2.31. The van der Waals surface area contributed by atoms with Crippen LogP contribution in [0.2, 0.25) is 0 Å². The number of carbonyl (C=O) groups is 1. The number of likely N-dealkylation sites (N-methyl/N-ethyl adjacent to an activating group) is 1. The molecule has 0 heterocycles. The first-order chi connectivity index (χ1) is 7.80. The Morgan fingerprint density at radius 1 is 1.35 bits per heavy atom. The van der Waals surface area contributed by atoms with Gasteiger partial charge in [-0.1, -0.05) is 0 Å². The van der Waals surface area contributed by atoms with E-state index in [-0.39, 0.29) is 11.3 Å². The summed E-state index contributed by atoms with van der Waals surface area (Å²) in [7, 11) is 5.08. The van der Waals surface area contributed by atoms with Gasteiger partial charge in [0.25, 0.3) is 0 Å². The molecule has 0 saturated carbocycles. The molecule has 0 spiro atoms. The van der Waals surface area contributed by atoms with E-state index < -0.39 is 11.4 Å². The summed E-state index contributed by atoms with van der Waals surface area (Å²) in [5.41, 5.74) is -0.438. The fraction of sp³-hybridized carbons (Fsp3) is 0.462. The number of methoxy groups -OCH3 is 1. The van der Waals surface area contributed by atoms with Gasteiger partial charge in [0.1, 0.15) is 11.6 Å². The molecule has 0 fully saturated rings. The second kappa shape index (κ2) is 4.84. The van der Waals surface area contributed by atoms with Gasteiger partial charge in [-0.05, 0) is 46.1 Å². The first kappa shape index (κ1) is 13.6. The summed E-state index contributed by atoms with van der Waals surface area (Å²) in [4.78, 5) is 14.1. The van der Waals surface area contributed by atoms with Crippen molar-refractivity contribution in [3.05, 3.63) is 29.6 Å². The summed E-state index contributed by atoms with van der Waals surface area (Å²) in [5.74, 6) is -0.214. The third kappa shape index (κ3) is 2.64. The van der Waals surface area contributed by atoms with E-state index in [4.69, 9.17) is 4.74 Å². The molecule has 0 N–H and O–H groups in total. The zero-order valence-corrected chi connectivity index (χ0v) is 10.9. The van der Waals surface area contributed by atoms with Crippen LogP contribution in [0.15, 0.2) is 18.2 Å². The number of hydrogen-bond donors (Lipinski definition) is 0. The van der Waals surface area contributed by atoms with Crippen LogP contribution in [-0.4, -0.2) is 37.4 Å². The highest BCUT2D eigenvalue weighted by molar-refractivity contribution is 6.04. The van der Waals surface area contributed by atoms with Crippen molar-refractivity contribution in [1.82, 2.24) is 4.90 Å². The molecule has 3 nitrogen and oxygen atoms in total. The second-order valence-electron chi connectivity index (χ2n) is 4.63. The quantitative estimate of drug-likeness (QED) is 0.755. The summed E-state index contributed by atoms with van der Waals surface area (Å²) in [6, 6.07) is 3.96. The number of carbonyl (C=O) groups excluding carboxylic acids is 1. The lowest BCUT2D eigenvalue weighted by Crippen LogP contribution is -2.45. The maximum atomic E-state index is 13.2. The van der Waals surface area contributed by atoms with Gasteiger partial charge in [-0.15, -0.1) is 0 Å². The number of nitrogens with zero attached hydrogens (tertiary/aromatic N) is 1. The van der Waals surface area contributed by atoms with Crippen molar-refractivity contribution in [3.63, 3.8) is 0 Å². The van der Waals surface area contributed by atoms with Gasteiger partial charge >= 0.3 is 0 Å². The number of Topliss-reactive ketones (excluding diaryl/α,β-unsaturated/α-hetero) is 1. The van der Waals surface area contributed by atoms with Crippen LogP contribution in [0.1, 0.15) is 24.2 Å². The minimum absolute atomic E-state index is 0.168. The van der Waals surface area contributed by atoms with Gasteiger partial charge in [-0.2, -0.15) is 0 Å². The molecule has 0 aliphatic carbocycles. The highest BCUT2D eigenvalue weighted by Crippen LogP contribution is 2.26. The maximum Gasteiger partial charge on any atom is 0.186 e. The molecule has 0 amide bonds. The lowest BCUT2D eigenvalue weighted by atomic mass is 9.91. The number of hydrogen-bond acceptors (Lipinski definition) is 3. The first-order valence-corrected chi connectivity index (χ1v) is 5.36. The zero-order valence-electron chi connectivity index (χ0n) is 10.9. The molecule has 1 rings (SSSR count). The van der Waals surface area contributed by atoms with Crippen LogP contribution in [0, 0.1) is 5.82 Å². The minimum Gasteiger partial charge on any atom is -0.496 e. The van der Waals surface area contributed by atoms with Crippen molar-refractivity contribution < 1.29 is 13.9 Å². The molecule has 4 heteroatoms. The fourth-order valence-electron chi connectivity index (χ4n) is 1.39. The van der Waals surface area contributed by atoms with Gasteiger partial charge in [0.15, 0.2) is 5.78 Å². The lowest BCUT2D eigenvalue weighted by molar-refractivity contribution is 0.0751. The molecule has 0 atom stereocenters. The van der Waals surface area contributed by atoms with Crippen LogP contribution >= 0.6 is 0 Å². The van der Waals surface area contributed by atoms with E-state index in [9.17, 15) is 9.18 Å². The van der Waals surface area contributed by atoms with Crippen LogP contribution < -0.4 is 4.74 Å². The van der Waals surface area contributed by atoms with E-state index in [2.05, 4.69) is 0 Å². The summed E-state index contributed by atoms with van der Waals surface area (Å²) in [6.45, 7) is 3.58. The number of rotatable bonds is 4. The topological polar surface area (TPSA) is 29.5 Å². The van der Waals surface area contributed by atoms with E-state index in [0.717, 1.165) is 0 Å². The summed E-state index contributed by atoms with van der Waals surface area (Å²) < 4.78 is 18.3. The Morgan fingerprint density at radius 2 is 1.94 bits per heavy atom. The molecular weight excluding hydrogens is 221 g/mol. The van der Waals surface area contributed by atoms with E-state index in [1.54, 1.807) is 18.7 Å². The van der Waals surface area contributed by atoms with E-state index in [1.807, 2.05) is 14.1 Å². The largest absolute Gasteiger partial charge is 0.496 e. The van der Waals surface area contributed by atoms with Crippen molar-refractivity contribution >= 4 is 5.78 Å².